The van der Waals surface area contributed by atoms with E-state index in [1.165, 1.54) is 29.3 Å². The fraction of sp³-hybridized carbons (Fsp3) is 0.286. The number of nitrogens with one attached hydrogen (secondary N) is 1. The summed E-state index contributed by atoms with van der Waals surface area (Å²) in [5.74, 6) is 1.67. The van der Waals surface area contributed by atoms with Crippen molar-refractivity contribution in [3.63, 3.8) is 0 Å². The summed E-state index contributed by atoms with van der Waals surface area (Å²) in [7, 11) is 1.63. The van der Waals surface area contributed by atoms with E-state index in [1.807, 2.05) is 41.8 Å². The van der Waals surface area contributed by atoms with Crippen LogP contribution >= 0.6 is 11.8 Å². The number of para-hydroxylation sites is 2. The van der Waals surface area contributed by atoms with Gasteiger partial charge in [0.15, 0.2) is 5.16 Å². The van der Waals surface area contributed by atoms with Crippen LogP contribution in [-0.2, 0) is 17.6 Å². The topological polar surface area (TPSA) is 69.0 Å². The third kappa shape index (κ3) is 3.75. The number of amides is 1. The summed E-state index contributed by atoms with van der Waals surface area (Å²) in [5.41, 5.74) is 4.45. The van der Waals surface area contributed by atoms with E-state index in [0.29, 0.717) is 5.16 Å². The molecule has 2 aromatic carbocycles. The summed E-state index contributed by atoms with van der Waals surface area (Å²) in [6.07, 6.45) is 3.42. The van der Waals surface area contributed by atoms with Crippen LogP contribution in [0.25, 0.3) is 5.69 Å². The van der Waals surface area contributed by atoms with Crippen molar-refractivity contribution in [3.05, 3.63) is 59.4 Å². The molecule has 1 amide bonds. The fourth-order valence-corrected chi connectivity index (χ4v) is 4.30. The third-order valence-corrected chi connectivity index (χ3v) is 5.76. The van der Waals surface area contributed by atoms with Gasteiger partial charge in [-0.1, -0.05) is 30.0 Å². The molecule has 1 aliphatic rings. The number of ether oxygens (including phenoxy) is 1. The van der Waals surface area contributed by atoms with Gasteiger partial charge >= 0.3 is 0 Å². The van der Waals surface area contributed by atoms with Crippen molar-refractivity contribution in [2.75, 3.05) is 18.2 Å². The molecule has 0 spiro atoms. The van der Waals surface area contributed by atoms with E-state index in [9.17, 15) is 4.79 Å². The zero-order chi connectivity index (χ0) is 19.5. The third-order valence-electron chi connectivity index (χ3n) is 4.84. The number of rotatable bonds is 6. The van der Waals surface area contributed by atoms with E-state index in [4.69, 9.17) is 4.74 Å². The second-order valence-corrected chi connectivity index (χ2v) is 7.65. The van der Waals surface area contributed by atoms with Gasteiger partial charge < -0.3 is 10.1 Å². The number of hydrogen-bond acceptors (Lipinski definition) is 5. The van der Waals surface area contributed by atoms with Gasteiger partial charge in [-0.2, -0.15) is 0 Å². The molecule has 0 radical (unpaired) electrons. The lowest BCUT2D eigenvalue weighted by atomic mass is 10.1. The van der Waals surface area contributed by atoms with Gasteiger partial charge in [-0.05, 0) is 61.6 Å². The highest BCUT2D eigenvalue weighted by atomic mass is 32.2. The molecule has 0 fully saturated rings. The first-order valence-corrected chi connectivity index (χ1v) is 10.2. The number of aryl methyl sites for hydroxylation is 3. The normalized spacial score (nSPS) is 12.6. The number of nitrogens with zero attached hydrogens (tertiary/aromatic N) is 3. The Morgan fingerprint density at radius 2 is 2.00 bits per heavy atom. The molecule has 1 heterocycles. The summed E-state index contributed by atoms with van der Waals surface area (Å²) in [6.45, 7) is 1.88. The van der Waals surface area contributed by atoms with Gasteiger partial charge in [-0.15, -0.1) is 10.2 Å². The molecule has 0 aliphatic heterocycles. The maximum atomic E-state index is 12.4. The highest BCUT2D eigenvalue weighted by molar-refractivity contribution is 7.99. The second kappa shape index (κ2) is 8.06. The van der Waals surface area contributed by atoms with Crippen LogP contribution in [0.1, 0.15) is 23.4 Å². The quantitative estimate of drug-likeness (QED) is 0.644. The molecule has 28 heavy (non-hydrogen) atoms. The lowest BCUT2D eigenvalue weighted by molar-refractivity contribution is -0.113. The molecule has 1 aliphatic carbocycles. The minimum atomic E-state index is -0.0600. The van der Waals surface area contributed by atoms with Crippen molar-refractivity contribution in [1.29, 1.82) is 0 Å². The van der Waals surface area contributed by atoms with Gasteiger partial charge in [-0.25, -0.2) is 0 Å². The predicted molar refractivity (Wildman–Crippen MR) is 110 cm³/mol. The van der Waals surface area contributed by atoms with Gasteiger partial charge in [-0.3, -0.25) is 9.36 Å². The molecule has 1 N–H and O–H groups in total. The molecule has 144 valence electrons. The van der Waals surface area contributed by atoms with Crippen molar-refractivity contribution in [2.45, 2.75) is 31.3 Å². The first kappa shape index (κ1) is 18.6. The minimum Gasteiger partial charge on any atom is -0.495 e. The molecule has 7 heteroatoms. The molecule has 0 saturated heterocycles. The standard InChI is InChI=1S/C21H22N4O2S/c1-14-23-24-21(25(14)18-8-3-4-9-19(18)27-2)28-13-20(26)22-17-11-10-15-6-5-7-16(15)12-17/h3-4,8-12H,5-7,13H2,1-2H3,(H,22,26). The number of fused-ring (bicyclic) bond motifs is 1. The number of carbonyl (C=O) groups excluding carboxylic acids is 1. The average molecular weight is 395 g/mol. The molecule has 0 saturated carbocycles. The molecular weight excluding hydrogens is 372 g/mol. The Balaban J connectivity index is 1.46. The Bertz CT molecular complexity index is 1020. The Morgan fingerprint density at radius 3 is 2.86 bits per heavy atom. The van der Waals surface area contributed by atoms with Gasteiger partial charge in [0, 0.05) is 5.69 Å². The van der Waals surface area contributed by atoms with Crippen molar-refractivity contribution in [2.24, 2.45) is 0 Å². The fourth-order valence-electron chi connectivity index (χ4n) is 3.51. The first-order valence-electron chi connectivity index (χ1n) is 9.25. The Labute approximate surface area is 168 Å². The molecule has 0 bridgehead atoms. The largest absolute Gasteiger partial charge is 0.495 e. The van der Waals surface area contributed by atoms with Gasteiger partial charge in [0.05, 0.1) is 18.6 Å². The van der Waals surface area contributed by atoms with Crippen LogP contribution in [0.3, 0.4) is 0 Å². The monoisotopic (exact) mass is 394 g/mol. The SMILES string of the molecule is COc1ccccc1-n1c(C)nnc1SCC(=O)Nc1ccc2c(c1)CCC2. The van der Waals surface area contributed by atoms with Gasteiger partial charge in [0.1, 0.15) is 11.6 Å². The molecule has 1 aromatic heterocycles. The number of hydrogen-bond donors (Lipinski definition) is 1. The van der Waals surface area contributed by atoms with Crippen LogP contribution in [0, 0.1) is 6.92 Å². The summed E-state index contributed by atoms with van der Waals surface area (Å²) in [6, 6.07) is 13.9. The van der Waals surface area contributed by atoms with E-state index >= 15 is 0 Å². The maximum Gasteiger partial charge on any atom is 0.234 e. The zero-order valence-corrected chi connectivity index (χ0v) is 16.8. The minimum absolute atomic E-state index is 0.0600. The molecule has 6 nitrogen and oxygen atoms in total. The van der Waals surface area contributed by atoms with E-state index in [1.54, 1.807) is 7.11 Å². The highest BCUT2D eigenvalue weighted by Crippen LogP contribution is 2.29. The van der Waals surface area contributed by atoms with E-state index < -0.39 is 0 Å². The van der Waals surface area contributed by atoms with Crippen LogP contribution in [0.4, 0.5) is 5.69 Å². The highest BCUT2D eigenvalue weighted by Gasteiger charge is 2.17. The summed E-state index contributed by atoms with van der Waals surface area (Å²) in [4.78, 5) is 12.4. The summed E-state index contributed by atoms with van der Waals surface area (Å²) < 4.78 is 7.36. The van der Waals surface area contributed by atoms with E-state index in [2.05, 4.69) is 27.6 Å². The number of benzene rings is 2. The van der Waals surface area contributed by atoms with Crippen molar-refractivity contribution >= 4 is 23.4 Å². The summed E-state index contributed by atoms with van der Waals surface area (Å²) in [5, 5.41) is 12.1. The van der Waals surface area contributed by atoms with E-state index in [0.717, 1.165) is 35.8 Å². The van der Waals surface area contributed by atoms with Gasteiger partial charge in [0.2, 0.25) is 5.91 Å². The second-order valence-electron chi connectivity index (χ2n) is 6.71. The maximum absolute atomic E-state index is 12.4. The Kier molecular flexibility index (Phi) is 5.34. The van der Waals surface area contributed by atoms with Crippen molar-refractivity contribution in [3.8, 4) is 11.4 Å². The van der Waals surface area contributed by atoms with Gasteiger partial charge in [0.25, 0.3) is 0 Å². The Hall–Kier alpha value is -2.80. The van der Waals surface area contributed by atoms with Crippen LogP contribution in [-0.4, -0.2) is 33.5 Å². The lowest BCUT2D eigenvalue weighted by Gasteiger charge is -2.12. The van der Waals surface area contributed by atoms with Crippen LogP contribution < -0.4 is 10.1 Å². The first-order chi connectivity index (χ1) is 13.7. The van der Waals surface area contributed by atoms with E-state index in [-0.39, 0.29) is 11.7 Å². The van der Waals surface area contributed by atoms with Crippen LogP contribution in [0.2, 0.25) is 0 Å². The van der Waals surface area contributed by atoms with Crippen LogP contribution in [0.5, 0.6) is 5.75 Å². The molecule has 4 rings (SSSR count). The Morgan fingerprint density at radius 1 is 1.18 bits per heavy atom. The number of anilines is 1. The summed E-state index contributed by atoms with van der Waals surface area (Å²) >= 11 is 1.36. The molecule has 3 aromatic rings. The van der Waals surface area contributed by atoms with Crippen molar-refractivity contribution < 1.29 is 9.53 Å². The molecular formula is C21H22N4O2S. The zero-order valence-electron chi connectivity index (χ0n) is 15.9. The van der Waals surface area contributed by atoms with Crippen LogP contribution in [0.15, 0.2) is 47.6 Å². The number of aromatic nitrogens is 3. The molecule has 0 unspecified atom stereocenters. The van der Waals surface area contributed by atoms with Crippen molar-refractivity contribution in [1.82, 2.24) is 14.8 Å². The smallest absolute Gasteiger partial charge is 0.234 e. The number of thioether (sulfide) groups is 1. The molecule has 0 atom stereocenters. The average Bonchev–Trinajstić information content (AvgIpc) is 3.32. The predicted octanol–water partition coefficient (Wildman–Crippen LogP) is 3.80. The number of carbonyl (C=O) groups is 1. The lowest BCUT2D eigenvalue weighted by Crippen LogP contribution is -2.15. The number of methoxy groups -OCH3 is 1.